The molecule has 0 saturated carbocycles. The van der Waals surface area contributed by atoms with E-state index in [1.165, 1.54) is 0 Å². The fourth-order valence-corrected chi connectivity index (χ4v) is 1.16. The highest BCUT2D eigenvalue weighted by Gasteiger charge is 2.20. The van der Waals surface area contributed by atoms with E-state index in [9.17, 15) is 4.79 Å². The molecule has 0 radical (unpaired) electrons. The van der Waals surface area contributed by atoms with Gasteiger partial charge in [0.15, 0.2) is 0 Å². The first-order chi connectivity index (χ1) is 6.93. The van der Waals surface area contributed by atoms with Crippen molar-refractivity contribution in [2.45, 2.75) is 38.8 Å². The first-order valence-electron chi connectivity index (χ1n) is 5.21. The third-order valence-corrected chi connectivity index (χ3v) is 1.98. The van der Waals surface area contributed by atoms with E-state index in [-0.39, 0.29) is 11.5 Å². The van der Waals surface area contributed by atoms with Gasteiger partial charge in [-0.2, -0.15) is 0 Å². The number of hydrogen-bond donors (Lipinski definition) is 2. The van der Waals surface area contributed by atoms with Crippen LogP contribution in [-0.4, -0.2) is 30.7 Å². The molecule has 0 aromatic heterocycles. The Balaban J connectivity index is 3.93. The van der Waals surface area contributed by atoms with Gasteiger partial charge in [-0.15, -0.1) is 6.58 Å². The normalized spacial score (nSPS) is 13.3. The van der Waals surface area contributed by atoms with E-state index in [4.69, 9.17) is 10.5 Å². The summed E-state index contributed by atoms with van der Waals surface area (Å²) in [5.41, 5.74) is 5.26. The van der Waals surface area contributed by atoms with Crippen LogP contribution in [0.1, 0.15) is 27.2 Å². The molecule has 88 valence electrons. The molecule has 4 heteroatoms. The summed E-state index contributed by atoms with van der Waals surface area (Å²) in [4.78, 5) is 11.4. The Kier molecular flexibility index (Phi) is 6.20. The zero-order valence-corrected chi connectivity index (χ0v) is 9.88. The minimum absolute atomic E-state index is 0.164. The molecule has 1 amide bonds. The third kappa shape index (κ3) is 6.25. The van der Waals surface area contributed by atoms with E-state index in [1.54, 1.807) is 6.08 Å². The van der Waals surface area contributed by atoms with Crippen molar-refractivity contribution in [2.24, 2.45) is 5.73 Å². The van der Waals surface area contributed by atoms with Crippen molar-refractivity contribution in [2.75, 3.05) is 13.2 Å². The lowest BCUT2D eigenvalue weighted by molar-refractivity contribution is -0.123. The van der Waals surface area contributed by atoms with Gasteiger partial charge in [0.2, 0.25) is 5.91 Å². The molecule has 1 unspecified atom stereocenters. The lowest BCUT2D eigenvalue weighted by atomic mass is 10.1. The summed E-state index contributed by atoms with van der Waals surface area (Å²) in [7, 11) is 0. The molecular formula is C11H22N2O2. The van der Waals surface area contributed by atoms with E-state index >= 15 is 0 Å². The summed E-state index contributed by atoms with van der Waals surface area (Å²) < 4.78 is 5.44. The second-order valence-electron chi connectivity index (χ2n) is 4.04. The van der Waals surface area contributed by atoms with Gasteiger partial charge in [-0.3, -0.25) is 4.79 Å². The smallest absolute Gasteiger partial charge is 0.237 e. The van der Waals surface area contributed by atoms with Crippen molar-refractivity contribution in [1.29, 1.82) is 0 Å². The predicted octanol–water partition coefficient (Wildman–Crippen LogP) is 0.821. The van der Waals surface area contributed by atoms with Gasteiger partial charge in [0, 0.05) is 13.2 Å². The Morgan fingerprint density at radius 2 is 2.27 bits per heavy atom. The fraction of sp³-hybridized carbons (Fsp3) is 0.727. The van der Waals surface area contributed by atoms with Crippen LogP contribution in [-0.2, 0) is 9.53 Å². The molecule has 0 heterocycles. The maximum absolute atomic E-state index is 11.4. The maximum Gasteiger partial charge on any atom is 0.237 e. The van der Waals surface area contributed by atoms with E-state index in [1.807, 2.05) is 20.8 Å². The largest absolute Gasteiger partial charge is 0.374 e. The second-order valence-corrected chi connectivity index (χ2v) is 4.04. The van der Waals surface area contributed by atoms with Crippen LogP contribution in [0.3, 0.4) is 0 Å². The van der Waals surface area contributed by atoms with Crippen molar-refractivity contribution in [3.05, 3.63) is 12.7 Å². The van der Waals surface area contributed by atoms with Crippen molar-refractivity contribution in [3.8, 4) is 0 Å². The number of nitrogens with two attached hydrogens (primary N) is 1. The van der Waals surface area contributed by atoms with E-state index in [0.29, 0.717) is 19.6 Å². The molecule has 3 N–H and O–H groups in total. The number of rotatable bonds is 7. The molecular weight excluding hydrogens is 192 g/mol. The minimum atomic E-state index is -0.514. The summed E-state index contributed by atoms with van der Waals surface area (Å²) in [6.45, 7) is 10.4. The zero-order chi connectivity index (χ0) is 11.9. The molecule has 15 heavy (non-hydrogen) atoms. The number of hydrogen-bond acceptors (Lipinski definition) is 3. The van der Waals surface area contributed by atoms with Crippen LogP contribution in [0.5, 0.6) is 0 Å². The molecule has 0 aromatic rings. The van der Waals surface area contributed by atoms with Gasteiger partial charge in [0.1, 0.15) is 0 Å². The number of carbonyl (C=O) groups is 1. The summed E-state index contributed by atoms with van der Waals surface area (Å²) in [5.74, 6) is -0.164. The maximum atomic E-state index is 11.4. The molecule has 1 atom stereocenters. The highest BCUT2D eigenvalue weighted by Crippen LogP contribution is 2.06. The summed E-state index contributed by atoms with van der Waals surface area (Å²) in [5, 5.41) is 2.76. The van der Waals surface area contributed by atoms with Gasteiger partial charge < -0.3 is 15.8 Å². The molecule has 4 nitrogen and oxygen atoms in total. The molecule has 0 aliphatic heterocycles. The molecule has 0 saturated heterocycles. The van der Waals surface area contributed by atoms with E-state index < -0.39 is 6.04 Å². The van der Waals surface area contributed by atoms with E-state index in [0.717, 1.165) is 0 Å². The Hall–Kier alpha value is -0.870. The lowest BCUT2D eigenvalue weighted by Gasteiger charge is -2.25. The zero-order valence-electron chi connectivity index (χ0n) is 9.88. The lowest BCUT2D eigenvalue weighted by Crippen LogP contribution is -2.46. The average Bonchev–Trinajstić information content (AvgIpc) is 2.14. The Morgan fingerprint density at radius 3 is 2.73 bits per heavy atom. The first-order valence-corrected chi connectivity index (χ1v) is 5.21. The van der Waals surface area contributed by atoms with Crippen LogP contribution in [0.4, 0.5) is 0 Å². The molecule has 0 aliphatic rings. The van der Waals surface area contributed by atoms with Crippen LogP contribution < -0.4 is 11.1 Å². The van der Waals surface area contributed by atoms with Gasteiger partial charge >= 0.3 is 0 Å². The van der Waals surface area contributed by atoms with Crippen LogP contribution in [0.2, 0.25) is 0 Å². The summed E-state index contributed by atoms with van der Waals surface area (Å²) in [6, 6.07) is -0.514. The summed E-state index contributed by atoms with van der Waals surface area (Å²) in [6.07, 6.45) is 2.12. The molecule has 0 bridgehead atoms. The average molecular weight is 214 g/mol. The van der Waals surface area contributed by atoms with Crippen LogP contribution in [0, 0.1) is 0 Å². The molecule has 0 aromatic carbocycles. The highest BCUT2D eigenvalue weighted by atomic mass is 16.5. The number of amides is 1. The number of carbonyl (C=O) groups excluding carboxylic acids is 1. The molecule has 0 fully saturated rings. The number of nitrogens with one attached hydrogen (secondary N) is 1. The SMILES string of the molecule is C=CCC(N)C(=O)NCC(C)(C)OCC. The minimum Gasteiger partial charge on any atom is -0.374 e. The fourth-order valence-electron chi connectivity index (χ4n) is 1.16. The van der Waals surface area contributed by atoms with Gasteiger partial charge in [-0.1, -0.05) is 6.08 Å². The monoisotopic (exact) mass is 214 g/mol. The third-order valence-electron chi connectivity index (χ3n) is 1.98. The Bertz CT molecular complexity index is 215. The van der Waals surface area contributed by atoms with Crippen LogP contribution in [0.25, 0.3) is 0 Å². The quantitative estimate of drug-likeness (QED) is 0.617. The van der Waals surface area contributed by atoms with Crippen molar-refractivity contribution in [1.82, 2.24) is 5.32 Å². The van der Waals surface area contributed by atoms with Gasteiger partial charge in [-0.05, 0) is 27.2 Å². The second kappa shape index (κ2) is 6.58. The van der Waals surface area contributed by atoms with Gasteiger partial charge in [0.05, 0.1) is 11.6 Å². The highest BCUT2D eigenvalue weighted by molar-refractivity contribution is 5.81. The number of ether oxygens (including phenoxy) is 1. The van der Waals surface area contributed by atoms with Gasteiger partial charge in [-0.25, -0.2) is 0 Å². The van der Waals surface area contributed by atoms with Crippen LogP contribution >= 0.6 is 0 Å². The van der Waals surface area contributed by atoms with Crippen molar-refractivity contribution < 1.29 is 9.53 Å². The van der Waals surface area contributed by atoms with Crippen molar-refractivity contribution >= 4 is 5.91 Å². The Labute approximate surface area is 91.9 Å². The molecule has 0 spiro atoms. The summed E-state index contributed by atoms with van der Waals surface area (Å²) >= 11 is 0. The van der Waals surface area contributed by atoms with Gasteiger partial charge in [0.25, 0.3) is 0 Å². The predicted molar refractivity (Wildman–Crippen MR) is 61.5 cm³/mol. The standard InChI is InChI=1S/C11H22N2O2/c1-5-7-9(12)10(14)13-8-11(3,4)15-6-2/h5,9H,1,6-8,12H2,2-4H3,(H,13,14). The molecule has 0 aliphatic carbocycles. The molecule has 0 rings (SSSR count). The van der Waals surface area contributed by atoms with Crippen LogP contribution in [0.15, 0.2) is 12.7 Å². The van der Waals surface area contributed by atoms with E-state index in [2.05, 4.69) is 11.9 Å². The van der Waals surface area contributed by atoms with Crippen molar-refractivity contribution in [3.63, 3.8) is 0 Å². The topological polar surface area (TPSA) is 64.4 Å². The first kappa shape index (κ1) is 14.1. The Morgan fingerprint density at radius 1 is 1.67 bits per heavy atom.